The zero-order valence-corrected chi connectivity index (χ0v) is 11.3. The van der Waals surface area contributed by atoms with Gasteiger partial charge in [-0.25, -0.2) is 4.39 Å². The summed E-state index contributed by atoms with van der Waals surface area (Å²) in [7, 11) is 1.58. The van der Waals surface area contributed by atoms with Crippen LogP contribution in [0.5, 0.6) is 5.75 Å². The lowest BCUT2D eigenvalue weighted by molar-refractivity contribution is 0.214. The van der Waals surface area contributed by atoms with Crippen LogP contribution in [0.4, 0.5) is 4.39 Å². The lowest BCUT2D eigenvalue weighted by Crippen LogP contribution is -2.05. The van der Waals surface area contributed by atoms with Crippen LogP contribution in [0.3, 0.4) is 0 Å². The minimum atomic E-state index is -0.966. The topological polar surface area (TPSA) is 29.5 Å². The van der Waals surface area contributed by atoms with Gasteiger partial charge in [0.15, 0.2) is 0 Å². The molecule has 1 unspecified atom stereocenters. The Balaban J connectivity index is 2.40. The Hall–Kier alpha value is -1.87. The highest BCUT2D eigenvalue weighted by Crippen LogP contribution is 2.29. The molecule has 0 heterocycles. The normalized spacial score (nSPS) is 12.3. The molecule has 0 fully saturated rings. The van der Waals surface area contributed by atoms with Crippen molar-refractivity contribution in [2.24, 2.45) is 0 Å². The van der Waals surface area contributed by atoms with E-state index in [1.54, 1.807) is 38.3 Å². The van der Waals surface area contributed by atoms with Crippen LogP contribution in [-0.4, -0.2) is 12.2 Å². The number of benzene rings is 2. The highest BCUT2D eigenvalue weighted by atomic mass is 19.1. The highest BCUT2D eigenvalue weighted by molar-refractivity contribution is 5.40. The largest absolute Gasteiger partial charge is 0.497 e. The van der Waals surface area contributed by atoms with Gasteiger partial charge in [-0.2, -0.15) is 0 Å². The lowest BCUT2D eigenvalue weighted by Gasteiger charge is -2.16. The van der Waals surface area contributed by atoms with Gasteiger partial charge in [0.25, 0.3) is 0 Å². The molecule has 0 aliphatic heterocycles. The maximum absolute atomic E-state index is 14.0. The first-order valence-electron chi connectivity index (χ1n) is 6.11. The summed E-state index contributed by atoms with van der Waals surface area (Å²) in [6.45, 7) is 3.64. The standard InChI is InChI=1S/C16H17FO2/c1-10-8-11(2)15(14(17)9-10)16(18)12-4-6-13(19-3)7-5-12/h4-9,16,18H,1-3H3. The van der Waals surface area contributed by atoms with Gasteiger partial charge < -0.3 is 9.84 Å². The van der Waals surface area contributed by atoms with E-state index in [-0.39, 0.29) is 5.82 Å². The third kappa shape index (κ3) is 2.76. The molecule has 0 radical (unpaired) electrons. The molecule has 100 valence electrons. The monoisotopic (exact) mass is 260 g/mol. The smallest absolute Gasteiger partial charge is 0.129 e. The van der Waals surface area contributed by atoms with Gasteiger partial charge in [-0.1, -0.05) is 18.2 Å². The minimum Gasteiger partial charge on any atom is -0.497 e. The molecule has 2 rings (SSSR count). The Morgan fingerprint density at radius 2 is 1.74 bits per heavy atom. The molecule has 0 saturated heterocycles. The van der Waals surface area contributed by atoms with Crippen molar-refractivity contribution in [3.63, 3.8) is 0 Å². The number of hydrogen-bond donors (Lipinski definition) is 1. The molecule has 0 aliphatic carbocycles. The Morgan fingerprint density at radius 3 is 2.26 bits per heavy atom. The molecule has 0 bridgehead atoms. The zero-order valence-electron chi connectivity index (χ0n) is 11.3. The van der Waals surface area contributed by atoms with E-state index in [1.165, 1.54) is 6.07 Å². The summed E-state index contributed by atoms with van der Waals surface area (Å²) in [5.41, 5.74) is 2.57. The van der Waals surface area contributed by atoms with Gasteiger partial charge in [0, 0.05) is 5.56 Å². The fourth-order valence-corrected chi connectivity index (χ4v) is 2.23. The van der Waals surface area contributed by atoms with Crippen molar-refractivity contribution in [1.29, 1.82) is 0 Å². The summed E-state index contributed by atoms with van der Waals surface area (Å²) in [6.07, 6.45) is -0.966. The van der Waals surface area contributed by atoms with E-state index >= 15 is 0 Å². The fourth-order valence-electron chi connectivity index (χ4n) is 2.23. The number of aliphatic hydroxyl groups excluding tert-OH is 1. The van der Waals surface area contributed by atoms with Crippen molar-refractivity contribution in [1.82, 2.24) is 0 Å². The van der Waals surface area contributed by atoms with E-state index < -0.39 is 6.10 Å². The number of rotatable bonds is 3. The second kappa shape index (κ2) is 5.41. The second-order valence-corrected chi connectivity index (χ2v) is 4.65. The number of ether oxygens (including phenoxy) is 1. The van der Waals surface area contributed by atoms with Crippen LogP contribution >= 0.6 is 0 Å². The fraction of sp³-hybridized carbons (Fsp3) is 0.250. The van der Waals surface area contributed by atoms with Crippen LogP contribution in [0.25, 0.3) is 0 Å². The Labute approximate surface area is 112 Å². The summed E-state index contributed by atoms with van der Waals surface area (Å²) in [6, 6.07) is 10.3. The zero-order chi connectivity index (χ0) is 14.0. The van der Waals surface area contributed by atoms with Gasteiger partial charge in [-0.15, -0.1) is 0 Å². The van der Waals surface area contributed by atoms with E-state index in [0.29, 0.717) is 16.9 Å². The highest BCUT2D eigenvalue weighted by Gasteiger charge is 2.18. The Bertz CT molecular complexity index is 553. The molecule has 0 spiro atoms. The van der Waals surface area contributed by atoms with Crippen molar-refractivity contribution in [3.05, 3.63) is 64.5 Å². The lowest BCUT2D eigenvalue weighted by atomic mass is 9.95. The average Bonchev–Trinajstić information content (AvgIpc) is 2.37. The summed E-state index contributed by atoms with van der Waals surface area (Å²) in [5.74, 6) is 0.331. The maximum Gasteiger partial charge on any atom is 0.129 e. The van der Waals surface area contributed by atoms with Crippen molar-refractivity contribution < 1.29 is 14.2 Å². The van der Waals surface area contributed by atoms with Gasteiger partial charge in [0.2, 0.25) is 0 Å². The van der Waals surface area contributed by atoms with Crippen molar-refractivity contribution >= 4 is 0 Å². The quantitative estimate of drug-likeness (QED) is 0.914. The molecule has 0 amide bonds. The van der Waals surface area contributed by atoms with Crippen LogP contribution < -0.4 is 4.74 Å². The Kier molecular flexibility index (Phi) is 3.86. The van der Waals surface area contributed by atoms with Crippen molar-refractivity contribution in [2.75, 3.05) is 7.11 Å². The predicted molar refractivity (Wildman–Crippen MR) is 72.9 cm³/mol. The number of halogens is 1. The van der Waals surface area contributed by atoms with Gasteiger partial charge in [-0.3, -0.25) is 0 Å². The molecule has 1 atom stereocenters. The van der Waals surface area contributed by atoms with Crippen LogP contribution in [0, 0.1) is 19.7 Å². The molecular formula is C16H17FO2. The van der Waals surface area contributed by atoms with Crippen LogP contribution in [0.2, 0.25) is 0 Å². The van der Waals surface area contributed by atoms with Crippen LogP contribution in [-0.2, 0) is 0 Å². The summed E-state index contributed by atoms with van der Waals surface area (Å²) in [5, 5.41) is 10.3. The number of hydrogen-bond acceptors (Lipinski definition) is 2. The molecule has 2 aromatic carbocycles. The number of methoxy groups -OCH3 is 1. The van der Waals surface area contributed by atoms with E-state index in [0.717, 1.165) is 11.1 Å². The van der Waals surface area contributed by atoms with Crippen LogP contribution in [0.1, 0.15) is 28.4 Å². The molecule has 1 N–H and O–H groups in total. The van der Waals surface area contributed by atoms with Crippen molar-refractivity contribution in [2.45, 2.75) is 20.0 Å². The molecule has 2 nitrogen and oxygen atoms in total. The predicted octanol–water partition coefficient (Wildman–Crippen LogP) is 3.53. The van der Waals surface area contributed by atoms with Gasteiger partial charge in [0.1, 0.15) is 17.7 Å². The second-order valence-electron chi connectivity index (χ2n) is 4.65. The summed E-state index contributed by atoms with van der Waals surface area (Å²) < 4.78 is 19.1. The van der Waals surface area contributed by atoms with Gasteiger partial charge in [0.05, 0.1) is 7.11 Å². The molecule has 3 heteroatoms. The van der Waals surface area contributed by atoms with Crippen LogP contribution in [0.15, 0.2) is 36.4 Å². The summed E-state index contributed by atoms with van der Waals surface area (Å²) >= 11 is 0. The number of aryl methyl sites for hydroxylation is 2. The maximum atomic E-state index is 14.0. The van der Waals surface area contributed by atoms with Gasteiger partial charge in [-0.05, 0) is 48.7 Å². The van der Waals surface area contributed by atoms with Crippen molar-refractivity contribution in [3.8, 4) is 5.75 Å². The van der Waals surface area contributed by atoms with E-state index in [2.05, 4.69) is 0 Å². The first kappa shape index (κ1) is 13.6. The van der Waals surface area contributed by atoms with E-state index in [1.807, 2.05) is 13.0 Å². The van der Waals surface area contributed by atoms with Gasteiger partial charge >= 0.3 is 0 Å². The first-order valence-corrected chi connectivity index (χ1v) is 6.11. The molecular weight excluding hydrogens is 243 g/mol. The SMILES string of the molecule is COc1ccc(C(O)c2c(C)cc(C)cc2F)cc1. The average molecular weight is 260 g/mol. The number of aliphatic hydroxyl groups is 1. The molecule has 0 aromatic heterocycles. The van der Waals surface area contributed by atoms with E-state index in [9.17, 15) is 9.50 Å². The third-order valence-electron chi connectivity index (χ3n) is 3.19. The molecule has 2 aromatic rings. The summed E-state index contributed by atoms with van der Waals surface area (Å²) in [4.78, 5) is 0. The first-order chi connectivity index (χ1) is 9.02. The third-order valence-corrected chi connectivity index (χ3v) is 3.19. The molecule has 19 heavy (non-hydrogen) atoms. The molecule has 0 saturated carbocycles. The molecule has 0 aliphatic rings. The van der Waals surface area contributed by atoms with E-state index in [4.69, 9.17) is 4.74 Å². The Morgan fingerprint density at radius 1 is 1.11 bits per heavy atom. The minimum absolute atomic E-state index is 0.329.